The number of nitrogens with zero attached hydrogens (tertiary/aromatic N) is 2. The van der Waals surface area contributed by atoms with Crippen LogP contribution in [0.25, 0.3) is 10.2 Å². The highest BCUT2D eigenvalue weighted by atomic mass is 32.2. The number of hydrogen-bond acceptors (Lipinski definition) is 4. The van der Waals surface area contributed by atoms with E-state index in [-0.39, 0.29) is 16.8 Å². The molecular formula is C24H23FN2OS2. The van der Waals surface area contributed by atoms with E-state index in [2.05, 4.69) is 45.0 Å². The van der Waals surface area contributed by atoms with E-state index in [1.165, 1.54) is 34.6 Å². The van der Waals surface area contributed by atoms with Crippen LogP contribution in [0.2, 0.25) is 0 Å². The summed E-state index contributed by atoms with van der Waals surface area (Å²) in [6.07, 6.45) is 0. The SMILES string of the molecule is CC(C)(C)c1ccc(CSc2nc3ccsc3c(=O)n2Cc2ccc(F)cc2)cc1. The molecule has 0 unspecified atom stereocenters. The number of hydrogen-bond donors (Lipinski definition) is 0. The van der Waals surface area contributed by atoms with E-state index in [0.717, 1.165) is 16.8 Å². The molecule has 0 aliphatic carbocycles. The van der Waals surface area contributed by atoms with Gasteiger partial charge < -0.3 is 0 Å². The zero-order valence-electron chi connectivity index (χ0n) is 17.2. The molecule has 2 aromatic heterocycles. The first kappa shape index (κ1) is 20.8. The maximum absolute atomic E-state index is 13.3. The zero-order valence-corrected chi connectivity index (χ0v) is 18.8. The Morgan fingerprint density at radius 2 is 1.67 bits per heavy atom. The van der Waals surface area contributed by atoms with Gasteiger partial charge in [0.15, 0.2) is 5.16 Å². The number of rotatable bonds is 5. The van der Waals surface area contributed by atoms with Crippen LogP contribution in [0.4, 0.5) is 4.39 Å². The Labute approximate surface area is 183 Å². The van der Waals surface area contributed by atoms with E-state index < -0.39 is 0 Å². The first-order valence-electron chi connectivity index (χ1n) is 9.76. The van der Waals surface area contributed by atoms with Gasteiger partial charge in [0, 0.05) is 5.75 Å². The lowest BCUT2D eigenvalue weighted by molar-refractivity contribution is 0.590. The molecule has 6 heteroatoms. The molecule has 0 N–H and O–H groups in total. The van der Waals surface area contributed by atoms with Gasteiger partial charge in [-0.15, -0.1) is 11.3 Å². The van der Waals surface area contributed by atoms with E-state index >= 15 is 0 Å². The van der Waals surface area contributed by atoms with E-state index in [4.69, 9.17) is 4.98 Å². The van der Waals surface area contributed by atoms with Crippen molar-refractivity contribution in [3.05, 3.63) is 92.8 Å². The number of halogens is 1. The summed E-state index contributed by atoms with van der Waals surface area (Å²) in [4.78, 5) is 17.8. The lowest BCUT2D eigenvalue weighted by atomic mass is 9.87. The van der Waals surface area contributed by atoms with Crippen LogP contribution < -0.4 is 5.56 Å². The number of thioether (sulfide) groups is 1. The number of fused-ring (bicyclic) bond motifs is 1. The minimum Gasteiger partial charge on any atom is -0.282 e. The molecule has 0 aliphatic heterocycles. The molecule has 0 saturated heterocycles. The minimum atomic E-state index is -0.286. The topological polar surface area (TPSA) is 34.9 Å². The summed E-state index contributed by atoms with van der Waals surface area (Å²) in [5, 5.41) is 2.57. The van der Waals surface area contributed by atoms with Crippen molar-refractivity contribution < 1.29 is 4.39 Å². The van der Waals surface area contributed by atoms with Gasteiger partial charge in [-0.05, 0) is 45.7 Å². The zero-order chi connectivity index (χ0) is 21.3. The highest BCUT2D eigenvalue weighted by Gasteiger charge is 2.15. The number of aromatic nitrogens is 2. The maximum Gasteiger partial charge on any atom is 0.272 e. The number of benzene rings is 2. The number of thiophene rings is 1. The molecule has 0 spiro atoms. The molecule has 0 amide bonds. The molecule has 0 atom stereocenters. The Morgan fingerprint density at radius 3 is 2.33 bits per heavy atom. The third-order valence-corrected chi connectivity index (χ3v) is 6.91. The molecule has 0 fully saturated rings. The van der Waals surface area contributed by atoms with Gasteiger partial charge in [-0.1, -0.05) is 68.9 Å². The van der Waals surface area contributed by atoms with Crippen molar-refractivity contribution in [2.24, 2.45) is 0 Å². The molecule has 30 heavy (non-hydrogen) atoms. The van der Waals surface area contributed by atoms with Gasteiger partial charge in [0.05, 0.1) is 12.1 Å². The van der Waals surface area contributed by atoms with Crippen molar-refractivity contribution in [3.63, 3.8) is 0 Å². The van der Waals surface area contributed by atoms with Crippen LogP contribution >= 0.6 is 23.1 Å². The van der Waals surface area contributed by atoms with Crippen molar-refractivity contribution >= 4 is 33.3 Å². The summed E-state index contributed by atoms with van der Waals surface area (Å²) < 4.78 is 15.6. The van der Waals surface area contributed by atoms with Crippen LogP contribution in [0.1, 0.15) is 37.5 Å². The third kappa shape index (κ3) is 4.50. The molecule has 0 aliphatic rings. The second-order valence-electron chi connectivity index (χ2n) is 8.28. The van der Waals surface area contributed by atoms with Crippen molar-refractivity contribution in [2.75, 3.05) is 0 Å². The van der Waals surface area contributed by atoms with Gasteiger partial charge in [0.1, 0.15) is 10.5 Å². The van der Waals surface area contributed by atoms with Crippen molar-refractivity contribution in [1.29, 1.82) is 0 Å². The Morgan fingerprint density at radius 1 is 1.00 bits per heavy atom. The molecule has 4 rings (SSSR count). The summed E-state index contributed by atoms with van der Waals surface area (Å²) in [5.74, 6) is 0.432. The summed E-state index contributed by atoms with van der Waals surface area (Å²) in [6, 6.07) is 16.7. The van der Waals surface area contributed by atoms with E-state index in [1.54, 1.807) is 28.5 Å². The van der Waals surface area contributed by atoms with Crippen molar-refractivity contribution in [1.82, 2.24) is 9.55 Å². The summed E-state index contributed by atoms with van der Waals surface area (Å²) in [5.41, 5.74) is 4.14. The van der Waals surface area contributed by atoms with Gasteiger partial charge >= 0.3 is 0 Å². The van der Waals surface area contributed by atoms with Gasteiger partial charge in [0.25, 0.3) is 5.56 Å². The smallest absolute Gasteiger partial charge is 0.272 e. The Hall–Kier alpha value is -2.44. The lowest BCUT2D eigenvalue weighted by Crippen LogP contribution is -2.23. The molecule has 154 valence electrons. The fourth-order valence-electron chi connectivity index (χ4n) is 3.19. The van der Waals surface area contributed by atoms with Gasteiger partial charge in [-0.2, -0.15) is 0 Å². The molecule has 0 bridgehead atoms. The van der Waals surface area contributed by atoms with Crippen molar-refractivity contribution in [2.45, 2.75) is 43.6 Å². The first-order chi connectivity index (χ1) is 14.3. The molecule has 3 nitrogen and oxygen atoms in total. The van der Waals surface area contributed by atoms with Crippen molar-refractivity contribution in [3.8, 4) is 0 Å². The van der Waals surface area contributed by atoms with Crippen LogP contribution in [-0.2, 0) is 17.7 Å². The monoisotopic (exact) mass is 438 g/mol. The van der Waals surface area contributed by atoms with Crippen LogP contribution in [0.5, 0.6) is 0 Å². The summed E-state index contributed by atoms with van der Waals surface area (Å²) in [6.45, 7) is 6.96. The van der Waals surface area contributed by atoms with Crippen LogP contribution in [-0.4, -0.2) is 9.55 Å². The predicted molar refractivity (Wildman–Crippen MR) is 124 cm³/mol. The Kier molecular flexibility index (Phi) is 5.80. The molecule has 4 aromatic rings. The minimum absolute atomic E-state index is 0.0510. The lowest BCUT2D eigenvalue weighted by Gasteiger charge is -2.19. The molecule has 2 heterocycles. The van der Waals surface area contributed by atoms with Crippen LogP contribution in [0.3, 0.4) is 0 Å². The standard InChI is InChI=1S/C24H23FN2OS2/c1-24(2,3)18-8-4-17(5-9-18)15-30-23-26-20-12-13-29-21(20)22(28)27(23)14-16-6-10-19(25)11-7-16/h4-13H,14-15H2,1-3H3. The highest BCUT2D eigenvalue weighted by Crippen LogP contribution is 2.27. The molecule has 0 saturated carbocycles. The third-order valence-electron chi connectivity index (χ3n) is 4.97. The van der Waals surface area contributed by atoms with Crippen LogP contribution in [0.15, 0.2) is 69.9 Å². The largest absolute Gasteiger partial charge is 0.282 e. The fourth-order valence-corrected chi connectivity index (χ4v) is 4.93. The first-order valence-corrected chi connectivity index (χ1v) is 11.6. The average Bonchev–Trinajstić information content (AvgIpc) is 3.19. The maximum atomic E-state index is 13.3. The van der Waals surface area contributed by atoms with Gasteiger partial charge in [-0.3, -0.25) is 9.36 Å². The molecule has 2 aromatic carbocycles. The normalized spacial score (nSPS) is 11.9. The second kappa shape index (κ2) is 8.36. The molecular weight excluding hydrogens is 415 g/mol. The fraction of sp³-hybridized carbons (Fsp3) is 0.250. The quantitative estimate of drug-likeness (QED) is 0.273. The molecule has 0 radical (unpaired) electrons. The summed E-state index contributed by atoms with van der Waals surface area (Å²) >= 11 is 2.95. The Bertz CT molecular complexity index is 1220. The second-order valence-corrected chi connectivity index (χ2v) is 10.1. The summed E-state index contributed by atoms with van der Waals surface area (Å²) in [7, 11) is 0. The van der Waals surface area contributed by atoms with E-state index in [9.17, 15) is 9.18 Å². The average molecular weight is 439 g/mol. The highest BCUT2D eigenvalue weighted by molar-refractivity contribution is 7.98. The van der Waals surface area contributed by atoms with Gasteiger partial charge in [0.2, 0.25) is 0 Å². The Balaban J connectivity index is 1.64. The predicted octanol–water partition coefficient (Wildman–Crippen LogP) is 6.24. The van der Waals surface area contributed by atoms with E-state index in [1.807, 2.05) is 11.4 Å². The van der Waals surface area contributed by atoms with Crippen LogP contribution in [0, 0.1) is 5.82 Å². The van der Waals surface area contributed by atoms with Gasteiger partial charge in [-0.25, -0.2) is 9.37 Å². The van der Waals surface area contributed by atoms with E-state index in [0.29, 0.717) is 16.4 Å².